The van der Waals surface area contributed by atoms with E-state index >= 15 is 0 Å². The number of nitrogens with one attached hydrogen (secondary N) is 1. The van der Waals surface area contributed by atoms with Crippen molar-refractivity contribution in [3.05, 3.63) is 59.9 Å². The van der Waals surface area contributed by atoms with Gasteiger partial charge < -0.3 is 19.5 Å². The minimum absolute atomic E-state index is 0.0187. The van der Waals surface area contributed by atoms with Crippen molar-refractivity contribution < 1.29 is 28.2 Å². The Balaban J connectivity index is 1.91. The van der Waals surface area contributed by atoms with Crippen LogP contribution in [0.25, 0.3) is 6.08 Å². The van der Waals surface area contributed by atoms with E-state index < -0.39 is 24.3 Å². The van der Waals surface area contributed by atoms with Crippen LogP contribution in [0.2, 0.25) is 0 Å². The predicted molar refractivity (Wildman–Crippen MR) is 94.6 cm³/mol. The fourth-order valence-corrected chi connectivity index (χ4v) is 2.06. The molecule has 0 atom stereocenters. The van der Waals surface area contributed by atoms with Gasteiger partial charge in [-0.1, -0.05) is 12.1 Å². The van der Waals surface area contributed by atoms with Crippen LogP contribution in [-0.4, -0.2) is 32.7 Å². The van der Waals surface area contributed by atoms with E-state index in [-0.39, 0.29) is 5.69 Å². The second kappa shape index (κ2) is 9.22. The quantitative estimate of drug-likeness (QED) is 0.608. The smallest absolute Gasteiger partial charge is 0.331 e. The average Bonchev–Trinajstić information content (AvgIpc) is 2.66. The lowest BCUT2D eigenvalue weighted by Gasteiger charge is -2.07. The third kappa shape index (κ3) is 5.34. The van der Waals surface area contributed by atoms with Crippen LogP contribution >= 0.6 is 0 Å². The second-order valence-electron chi connectivity index (χ2n) is 5.08. The van der Waals surface area contributed by atoms with Gasteiger partial charge in [0, 0.05) is 11.6 Å². The molecule has 2 aromatic rings. The number of amides is 1. The molecule has 1 amide bonds. The average molecular weight is 359 g/mol. The van der Waals surface area contributed by atoms with Crippen molar-refractivity contribution in [2.45, 2.75) is 0 Å². The Morgan fingerprint density at radius 1 is 1.12 bits per heavy atom. The van der Waals surface area contributed by atoms with Gasteiger partial charge in [0.15, 0.2) is 6.61 Å². The highest BCUT2D eigenvalue weighted by Crippen LogP contribution is 2.25. The molecule has 0 radical (unpaired) electrons. The summed E-state index contributed by atoms with van der Waals surface area (Å²) in [6.07, 6.45) is 2.64. The normalized spacial score (nSPS) is 10.4. The highest BCUT2D eigenvalue weighted by molar-refractivity contribution is 5.94. The summed E-state index contributed by atoms with van der Waals surface area (Å²) in [6, 6.07) is 10.8. The molecule has 0 spiro atoms. The van der Waals surface area contributed by atoms with Crippen molar-refractivity contribution in [2.75, 3.05) is 26.1 Å². The number of carbonyl (C=O) groups excluding carboxylic acids is 2. The second-order valence-corrected chi connectivity index (χ2v) is 5.08. The Morgan fingerprint density at radius 2 is 1.88 bits per heavy atom. The lowest BCUT2D eigenvalue weighted by Crippen LogP contribution is -2.20. The number of anilines is 1. The first kappa shape index (κ1) is 19.0. The van der Waals surface area contributed by atoms with Gasteiger partial charge in [-0.3, -0.25) is 4.79 Å². The Labute approximate surface area is 150 Å². The Bertz CT molecular complexity index is 819. The molecule has 0 unspecified atom stereocenters. The third-order valence-electron chi connectivity index (χ3n) is 3.33. The monoisotopic (exact) mass is 359 g/mol. The number of carbonyl (C=O) groups is 2. The number of benzene rings is 2. The van der Waals surface area contributed by atoms with Crippen LogP contribution in [0, 0.1) is 5.82 Å². The van der Waals surface area contributed by atoms with Crippen molar-refractivity contribution in [1.82, 2.24) is 0 Å². The fourth-order valence-electron chi connectivity index (χ4n) is 2.06. The van der Waals surface area contributed by atoms with Crippen LogP contribution in [0.5, 0.6) is 11.5 Å². The molecule has 0 aromatic heterocycles. The summed E-state index contributed by atoms with van der Waals surface area (Å²) in [5.74, 6) is -0.790. The standard InChI is InChI=1S/C19H18FNO5/c1-24-14-8-9-17(25-2)13(11-14)7-10-19(23)26-12-18(22)21-16-6-4-3-5-15(16)20/h3-11H,12H2,1-2H3,(H,21,22)/b10-7+. The van der Waals surface area contributed by atoms with Crippen LogP contribution < -0.4 is 14.8 Å². The Kier molecular flexibility index (Phi) is 6.73. The SMILES string of the molecule is COc1ccc(OC)c(/C=C/C(=O)OCC(=O)Nc2ccccc2F)c1. The van der Waals surface area contributed by atoms with Crippen LogP contribution in [0.1, 0.15) is 5.56 Å². The molecule has 0 aliphatic carbocycles. The number of para-hydroxylation sites is 1. The zero-order valence-corrected chi connectivity index (χ0v) is 14.3. The number of methoxy groups -OCH3 is 2. The summed E-state index contributed by atoms with van der Waals surface area (Å²) in [4.78, 5) is 23.5. The summed E-state index contributed by atoms with van der Waals surface area (Å²) in [5.41, 5.74) is 0.629. The van der Waals surface area contributed by atoms with Crippen molar-refractivity contribution in [2.24, 2.45) is 0 Å². The molecule has 136 valence electrons. The lowest BCUT2D eigenvalue weighted by molar-refractivity contribution is -0.142. The maximum absolute atomic E-state index is 13.4. The van der Waals surface area contributed by atoms with Gasteiger partial charge in [-0.2, -0.15) is 0 Å². The number of ether oxygens (including phenoxy) is 3. The molecule has 2 rings (SSSR count). The number of esters is 1. The maximum Gasteiger partial charge on any atom is 0.331 e. The van der Waals surface area contributed by atoms with Crippen molar-refractivity contribution in [3.63, 3.8) is 0 Å². The molecule has 0 saturated heterocycles. The largest absolute Gasteiger partial charge is 0.497 e. The van der Waals surface area contributed by atoms with Gasteiger partial charge >= 0.3 is 5.97 Å². The first-order valence-electron chi connectivity index (χ1n) is 7.64. The lowest BCUT2D eigenvalue weighted by atomic mass is 10.1. The highest BCUT2D eigenvalue weighted by atomic mass is 19.1. The maximum atomic E-state index is 13.4. The van der Waals surface area contributed by atoms with E-state index in [9.17, 15) is 14.0 Å². The zero-order valence-electron chi connectivity index (χ0n) is 14.3. The molecule has 0 saturated carbocycles. The van der Waals surface area contributed by atoms with Crippen molar-refractivity contribution in [1.29, 1.82) is 0 Å². The van der Waals surface area contributed by atoms with Gasteiger partial charge in [-0.05, 0) is 36.4 Å². The summed E-state index contributed by atoms with van der Waals surface area (Å²) in [5, 5.41) is 2.32. The number of hydrogen-bond donors (Lipinski definition) is 1. The molecule has 1 N–H and O–H groups in total. The van der Waals surface area contributed by atoms with E-state index in [1.165, 1.54) is 38.5 Å². The van der Waals surface area contributed by atoms with Gasteiger partial charge in [0.05, 0.1) is 19.9 Å². The summed E-state index contributed by atoms with van der Waals surface area (Å²) >= 11 is 0. The fraction of sp³-hybridized carbons (Fsp3) is 0.158. The Morgan fingerprint density at radius 3 is 2.58 bits per heavy atom. The van der Waals surface area contributed by atoms with E-state index in [0.717, 1.165) is 6.08 Å². The third-order valence-corrected chi connectivity index (χ3v) is 3.33. The molecular formula is C19H18FNO5. The predicted octanol–water partition coefficient (Wildman–Crippen LogP) is 3.04. The summed E-state index contributed by atoms with van der Waals surface area (Å²) < 4.78 is 28.6. The molecule has 0 bridgehead atoms. The molecule has 2 aromatic carbocycles. The first-order valence-corrected chi connectivity index (χ1v) is 7.64. The van der Waals surface area contributed by atoms with Crippen LogP contribution in [-0.2, 0) is 14.3 Å². The van der Waals surface area contributed by atoms with E-state index in [4.69, 9.17) is 14.2 Å². The van der Waals surface area contributed by atoms with E-state index in [1.807, 2.05) is 0 Å². The minimum atomic E-state index is -0.724. The van der Waals surface area contributed by atoms with Gasteiger partial charge in [0.25, 0.3) is 5.91 Å². The molecule has 0 fully saturated rings. The number of hydrogen-bond acceptors (Lipinski definition) is 5. The topological polar surface area (TPSA) is 73.9 Å². The van der Waals surface area contributed by atoms with Crippen molar-refractivity contribution in [3.8, 4) is 11.5 Å². The van der Waals surface area contributed by atoms with E-state index in [1.54, 1.807) is 24.3 Å². The Hall–Kier alpha value is -3.35. The van der Waals surface area contributed by atoms with Gasteiger partial charge in [-0.15, -0.1) is 0 Å². The van der Waals surface area contributed by atoms with E-state index in [0.29, 0.717) is 17.1 Å². The van der Waals surface area contributed by atoms with Gasteiger partial charge in [0.1, 0.15) is 17.3 Å². The molecule has 6 nitrogen and oxygen atoms in total. The molecular weight excluding hydrogens is 341 g/mol. The van der Waals surface area contributed by atoms with Crippen LogP contribution in [0.3, 0.4) is 0 Å². The van der Waals surface area contributed by atoms with Gasteiger partial charge in [0.2, 0.25) is 0 Å². The molecule has 7 heteroatoms. The molecule has 0 heterocycles. The summed E-state index contributed by atoms with van der Waals surface area (Å²) in [6.45, 7) is -0.535. The first-order chi connectivity index (χ1) is 12.5. The minimum Gasteiger partial charge on any atom is -0.497 e. The van der Waals surface area contributed by atoms with Crippen LogP contribution in [0.4, 0.5) is 10.1 Å². The zero-order chi connectivity index (χ0) is 18.9. The summed E-state index contributed by atoms with van der Waals surface area (Å²) in [7, 11) is 3.03. The van der Waals surface area contributed by atoms with E-state index in [2.05, 4.69) is 5.32 Å². The highest BCUT2D eigenvalue weighted by Gasteiger charge is 2.09. The number of halogens is 1. The molecule has 0 aliphatic heterocycles. The molecule has 26 heavy (non-hydrogen) atoms. The van der Waals surface area contributed by atoms with Crippen molar-refractivity contribution >= 4 is 23.6 Å². The van der Waals surface area contributed by atoms with Crippen LogP contribution in [0.15, 0.2) is 48.5 Å². The molecule has 0 aliphatic rings. The van der Waals surface area contributed by atoms with Gasteiger partial charge in [-0.25, -0.2) is 9.18 Å². The number of rotatable bonds is 7.